The highest BCUT2D eigenvalue weighted by molar-refractivity contribution is 9.10. The second-order valence-electron chi connectivity index (χ2n) is 4.97. The van der Waals surface area contributed by atoms with Gasteiger partial charge in [0.1, 0.15) is 0 Å². The Kier molecular flexibility index (Phi) is 4.92. The lowest BCUT2D eigenvalue weighted by molar-refractivity contribution is -0.153. The summed E-state index contributed by atoms with van der Waals surface area (Å²) in [7, 11) is 0. The third kappa shape index (κ3) is 3.97. The molecular weight excluding hydrogens is 326 g/mol. The summed E-state index contributed by atoms with van der Waals surface area (Å²) in [6.45, 7) is 3.02. The molecule has 0 aromatic heterocycles. The molecule has 1 fully saturated rings. The molecule has 19 heavy (non-hydrogen) atoms. The van der Waals surface area contributed by atoms with E-state index in [1.54, 1.807) is 4.90 Å². The zero-order valence-electron chi connectivity index (χ0n) is 10.9. The summed E-state index contributed by atoms with van der Waals surface area (Å²) in [6.07, 6.45) is 1.73. The number of rotatable bonds is 5. The minimum atomic E-state index is -0.632. The van der Waals surface area contributed by atoms with Gasteiger partial charge in [-0.15, -0.1) is 11.8 Å². The molecule has 104 valence electrons. The molecule has 2 rings (SSSR count). The Bertz CT molecular complexity index is 443. The lowest BCUT2D eigenvalue weighted by Crippen LogP contribution is -2.63. The van der Waals surface area contributed by atoms with Crippen LogP contribution in [0.4, 0.5) is 0 Å². The molecule has 3 nitrogen and oxygen atoms in total. The molecular formula is C14H18BrNO2S. The number of hydrogen-bond donors (Lipinski definition) is 1. The first-order valence-electron chi connectivity index (χ1n) is 6.41. The maximum atomic E-state index is 11.9. The average Bonchev–Trinajstić information content (AvgIpc) is 2.35. The lowest BCUT2D eigenvalue weighted by Gasteiger charge is -2.46. The molecule has 1 aromatic rings. The van der Waals surface area contributed by atoms with Crippen molar-refractivity contribution in [3.63, 3.8) is 0 Å². The monoisotopic (exact) mass is 343 g/mol. The van der Waals surface area contributed by atoms with Crippen LogP contribution in [-0.2, 0) is 4.79 Å². The summed E-state index contributed by atoms with van der Waals surface area (Å²) in [6, 6.07) is 7.92. The van der Waals surface area contributed by atoms with Crippen molar-refractivity contribution in [3.05, 3.63) is 28.7 Å². The standard InChI is InChI=1S/C14H18BrNO2S/c1-2-7-14(18)9-16(10-14)13(17)8-19-12-5-3-11(15)4-6-12/h3-6,18H,2,7-10H2,1H3. The summed E-state index contributed by atoms with van der Waals surface area (Å²) >= 11 is 4.92. The van der Waals surface area contributed by atoms with Gasteiger partial charge in [0.2, 0.25) is 5.91 Å². The van der Waals surface area contributed by atoms with Gasteiger partial charge in [-0.25, -0.2) is 0 Å². The third-order valence-corrected chi connectivity index (χ3v) is 4.74. The minimum Gasteiger partial charge on any atom is -0.386 e. The van der Waals surface area contributed by atoms with Gasteiger partial charge in [0, 0.05) is 9.37 Å². The molecule has 1 amide bonds. The SMILES string of the molecule is CCCC1(O)CN(C(=O)CSc2ccc(Br)cc2)C1. The van der Waals surface area contributed by atoms with Gasteiger partial charge in [-0.3, -0.25) is 4.79 Å². The third-order valence-electron chi connectivity index (χ3n) is 3.21. The highest BCUT2D eigenvalue weighted by atomic mass is 79.9. The summed E-state index contributed by atoms with van der Waals surface area (Å²) in [4.78, 5) is 14.8. The Morgan fingerprint density at radius 2 is 2.05 bits per heavy atom. The van der Waals surface area contributed by atoms with Gasteiger partial charge in [-0.1, -0.05) is 29.3 Å². The smallest absolute Gasteiger partial charge is 0.233 e. The number of thioether (sulfide) groups is 1. The number of amides is 1. The van der Waals surface area contributed by atoms with Crippen LogP contribution in [0.2, 0.25) is 0 Å². The number of β-amino-alcohol motifs (C(OH)–C–C–N with tert-alkyl or cyclic N) is 1. The molecule has 0 atom stereocenters. The van der Waals surface area contributed by atoms with E-state index >= 15 is 0 Å². The first-order chi connectivity index (χ1) is 9.02. The largest absolute Gasteiger partial charge is 0.386 e. The van der Waals surface area contributed by atoms with Gasteiger partial charge >= 0.3 is 0 Å². The van der Waals surface area contributed by atoms with Crippen LogP contribution >= 0.6 is 27.7 Å². The zero-order chi connectivity index (χ0) is 13.9. The van der Waals surface area contributed by atoms with E-state index in [1.807, 2.05) is 31.2 Å². The molecule has 1 aliphatic rings. The first kappa shape index (κ1) is 14.9. The van der Waals surface area contributed by atoms with Crippen LogP contribution in [0.15, 0.2) is 33.6 Å². The predicted octanol–water partition coefficient (Wildman–Crippen LogP) is 2.91. The fraction of sp³-hybridized carbons (Fsp3) is 0.500. The van der Waals surface area contributed by atoms with Crippen molar-refractivity contribution in [1.82, 2.24) is 4.90 Å². The van der Waals surface area contributed by atoms with Crippen molar-refractivity contribution in [2.24, 2.45) is 0 Å². The summed E-state index contributed by atoms with van der Waals surface area (Å²) < 4.78 is 1.04. The Hall–Kier alpha value is -0.520. The van der Waals surface area contributed by atoms with Crippen molar-refractivity contribution in [1.29, 1.82) is 0 Å². The minimum absolute atomic E-state index is 0.105. The van der Waals surface area contributed by atoms with Crippen molar-refractivity contribution in [3.8, 4) is 0 Å². The van der Waals surface area contributed by atoms with Crippen LogP contribution in [0.3, 0.4) is 0 Å². The van der Waals surface area contributed by atoms with Gasteiger partial charge in [0.05, 0.1) is 24.4 Å². The molecule has 1 aromatic carbocycles. The molecule has 5 heteroatoms. The van der Waals surface area contributed by atoms with Gasteiger partial charge in [0.25, 0.3) is 0 Å². The normalized spacial score (nSPS) is 17.1. The van der Waals surface area contributed by atoms with E-state index < -0.39 is 5.60 Å². The molecule has 0 unspecified atom stereocenters. The highest BCUT2D eigenvalue weighted by Gasteiger charge is 2.42. The van der Waals surface area contributed by atoms with Crippen LogP contribution in [0.5, 0.6) is 0 Å². The average molecular weight is 344 g/mol. The van der Waals surface area contributed by atoms with Gasteiger partial charge in [-0.2, -0.15) is 0 Å². The van der Waals surface area contributed by atoms with E-state index in [9.17, 15) is 9.90 Å². The molecule has 0 radical (unpaired) electrons. The molecule has 1 heterocycles. The molecule has 0 aliphatic carbocycles. The second kappa shape index (κ2) is 6.29. The lowest BCUT2D eigenvalue weighted by atomic mass is 9.89. The quantitative estimate of drug-likeness (QED) is 0.835. The van der Waals surface area contributed by atoms with Gasteiger partial charge in [0.15, 0.2) is 0 Å². The number of carbonyl (C=O) groups excluding carboxylic acids is 1. The Balaban J connectivity index is 1.76. The van der Waals surface area contributed by atoms with Crippen molar-refractivity contribution >= 4 is 33.6 Å². The van der Waals surface area contributed by atoms with Gasteiger partial charge < -0.3 is 10.0 Å². The van der Waals surface area contributed by atoms with E-state index in [-0.39, 0.29) is 5.91 Å². The molecule has 0 spiro atoms. The molecule has 0 bridgehead atoms. The van der Waals surface area contributed by atoms with Crippen molar-refractivity contribution in [2.45, 2.75) is 30.3 Å². The first-order valence-corrected chi connectivity index (χ1v) is 8.19. The topological polar surface area (TPSA) is 40.5 Å². The predicted molar refractivity (Wildman–Crippen MR) is 81.3 cm³/mol. The number of hydrogen-bond acceptors (Lipinski definition) is 3. The van der Waals surface area contributed by atoms with E-state index in [4.69, 9.17) is 0 Å². The number of aliphatic hydroxyl groups is 1. The fourth-order valence-electron chi connectivity index (χ4n) is 2.23. The van der Waals surface area contributed by atoms with Crippen LogP contribution in [0.1, 0.15) is 19.8 Å². The summed E-state index contributed by atoms with van der Waals surface area (Å²) in [5.41, 5.74) is -0.632. The Morgan fingerprint density at radius 3 is 2.63 bits per heavy atom. The Morgan fingerprint density at radius 1 is 1.42 bits per heavy atom. The molecule has 1 saturated heterocycles. The van der Waals surface area contributed by atoms with E-state index in [0.29, 0.717) is 18.8 Å². The number of likely N-dealkylation sites (tertiary alicyclic amines) is 1. The Labute approximate surface area is 126 Å². The van der Waals surface area contributed by atoms with Crippen molar-refractivity contribution in [2.75, 3.05) is 18.8 Å². The van der Waals surface area contributed by atoms with Crippen LogP contribution in [-0.4, -0.2) is 40.4 Å². The van der Waals surface area contributed by atoms with Gasteiger partial charge in [-0.05, 0) is 30.7 Å². The number of benzene rings is 1. The maximum Gasteiger partial charge on any atom is 0.233 e. The highest BCUT2D eigenvalue weighted by Crippen LogP contribution is 2.27. The summed E-state index contributed by atoms with van der Waals surface area (Å²) in [5.74, 6) is 0.540. The second-order valence-corrected chi connectivity index (χ2v) is 6.93. The number of nitrogens with zero attached hydrogens (tertiary/aromatic N) is 1. The van der Waals surface area contributed by atoms with Crippen LogP contribution in [0.25, 0.3) is 0 Å². The van der Waals surface area contributed by atoms with Crippen LogP contribution in [0, 0.1) is 0 Å². The van der Waals surface area contributed by atoms with Crippen LogP contribution < -0.4 is 0 Å². The molecule has 1 aliphatic heterocycles. The summed E-state index contributed by atoms with van der Waals surface area (Å²) in [5, 5.41) is 10.0. The molecule has 0 saturated carbocycles. The maximum absolute atomic E-state index is 11.9. The van der Waals surface area contributed by atoms with Crippen molar-refractivity contribution < 1.29 is 9.90 Å². The van der Waals surface area contributed by atoms with E-state index in [2.05, 4.69) is 15.9 Å². The number of carbonyl (C=O) groups is 1. The zero-order valence-corrected chi connectivity index (χ0v) is 13.3. The molecule has 1 N–H and O–H groups in total. The fourth-order valence-corrected chi connectivity index (χ4v) is 3.30. The number of halogens is 1. The van der Waals surface area contributed by atoms with E-state index in [1.165, 1.54) is 11.8 Å². The van der Waals surface area contributed by atoms with E-state index in [0.717, 1.165) is 22.2 Å².